The number of carbonyl (C=O) groups is 3. The number of hydrogen-bond acceptors (Lipinski definition) is 10. The molecule has 1 saturated heterocycles. The smallest absolute Gasteiger partial charge is 0.335 e. The molecule has 6 atom stereocenters. The summed E-state index contributed by atoms with van der Waals surface area (Å²) in [5.74, 6) is -2.44. The Labute approximate surface area is 352 Å². The standard InChI is InChI=1S/C47H86O11/c1-3-5-7-9-11-13-14-15-16-17-18-19-20-21-22-23-24-25-26-28-29-31-33-35-40(48)55-37-39(57-41(49)36-34-32-30-27-12-10-8-6-4-2)38-56-47-44(52)42(50)43(51)45(58-47)46(53)54/h17-18,39,42-45,47,50-52H,3-16,19-38H2,1-2H3,(H,53,54)/b18-17-. The molecule has 0 spiro atoms. The van der Waals surface area contributed by atoms with Crippen LogP contribution in [0.25, 0.3) is 0 Å². The Morgan fingerprint density at radius 2 is 0.914 bits per heavy atom. The van der Waals surface area contributed by atoms with E-state index in [0.29, 0.717) is 12.8 Å². The predicted octanol–water partition coefficient (Wildman–Crippen LogP) is 10.4. The minimum atomic E-state index is -1.86. The highest BCUT2D eigenvalue weighted by atomic mass is 16.7. The highest BCUT2D eigenvalue weighted by Gasteiger charge is 2.47. The number of carbonyl (C=O) groups excluding carboxylic acids is 2. The lowest BCUT2D eigenvalue weighted by Gasteiger charge is -2.38. The van der Waals surface area contributed by atoms with Gasteiger partial charge in [-0.3, -0.25) is 9.59 Å². The molecule has 0 bridgehead atoms. The van der Waals surface area contributed by atoms with Gasteiger partial charge in [0.1, 0.15) is 24.9 Å². The lowest BCUT2D eigenvalue weighted by molar-refractivity contribution is -0.298. The van der Waals surface area contributed by atoms with E-state index in [2.05, 4.69) is 26.0 Å². The summed E-state index contributed by atoms with van der Waals surface area (Å²) in [5, 5.41) is 39.7. The van der Waals surface area contributed by atoms with Gasteiger partial charge in [-0.15, -0.1) is 0 Å². The molecule has 1 fully saturated rings. The molecule has 11 nitrogen and oxygen atoms in total. The van der Waals surface area contributed by atoms with Crippen molar-refractivity contribution in [2.75, 3.05) is 13.2 Å². The van der Waals surface area contributed by atoms with Crippen molar-refractivity contribution in [1.29, 1.82) is 0 Å². The van der Waals surface area contributed by atoms with Crippen LogP contribution in [0.15, 0.2) is 12.2 Å². The number of hydrogen-bond donors (Lipinski definition) is 4. The van der Waals surface area contributed by atoms with Gasteiger partial charge in [0, 0.05) is 12.8 Å². The number of carboxylic acids is 1. The molecular formula is C47H86O11. The van der Waals surface area contributed by atoms with Crippen molar-refractivity contribution in [1.82, 2.24) is 0 Å². The number of allylic oxidation sites excluding steroid dienone is 2. The minimum absolute atomic E-state index is 0.187. The molecule has 1 rings (SSSR count). The quantitative estimate of drug-likeness (QED) is 0.0263. The summed E-state index contributed by atoms with van der Waals surface area (Å²) in [4.78, 5) is 36.7. The van der Waals surface area contributed by atoms with Crippen molar-refractivity contribution in [3.63, 3.8) is 0 Å². The van der Waals surface area contributed by atoms with Crippen LogP contribution in [0.5, 0.6) is 0 Å². The van der Waals surface area contributed by atoms with Crippen molar-refractivity contribution in [2.45, 2.75) is 256 Å². The zero-order valence-corrected chi connectivity index (χ0v) is 36.8. The molecule has 0 amide bonds. The minimum Gasteiger partial charge on any atom is -0.479 e. The van der Waals surface area contributed by atoms with Gasteiger partial charge >= 0.3 is 17.9 Å². The van der Waals surface area contributed by atoms with E-state index in [4.69, 9.17) is 18.9 Å². The summed E-state index contributed by atoms with van der Waals surface area (Å²) in [6, 6.07) is 0. The molecule has 0 aromatic carbocycles. The predicted molar refractivity (Wildman–Crippen MR) is 229 cm³/mol. The van der Waals surface area contributed by atoms with Crippen LogP contribution >= 0.6 is 0 Å². The molecule has 0 aromatic rings. The number of ether oxygens (including phenoxy) is 4. The maximum absolute atomic E-state index is 12.7. The van der Waals surface area contributed by atoms with Gasteiger partial charge in [-0.25, -0.2) is 4.79 Å². The molecule has 1 aliphatic heterocycles. The van der Waals surface area contributed by atoms with Crippen LogP contribution < -0.4 is 0 Å². The number of aliphatic hydroxyl groups excluding tert-OH is 3. The Morgan fingerprint density at radius 1 is 0.517 bits per heavy atom. The normalized spacial score (nSPS) is 20.1. The number of esters is 2. The molecule has 0 aromatic heterocycles. The van der Waals surface area contributed by atoms with Crippen LogP contribution in [0.2, 0.25) is 0 Å². The number of aliphatic carboxylic acids is 1. The third-order valence-electron chi connectivity index (χ3n) is 11.1. The van der Waals surface area contributed by atoms with E-state index in [-0.39, 0.29) is 26.1 Å². The summed E-state index contributed by atoms with van der Waals surface area (Å²) >= 11 is 0. The monoisotopic (exact) mass is 827 g/mol. The lowest BCUT2D eigenvalue weighted by Crippen LogP contribution is -2.60. The fourth-order valence-corrected chi connectivity index (χ4v) is 7.35. The topological polar surface area (TPSA) is 169 Å². The molecule has 1 aliphatic rings. The lowest BCUT2D eigenvalue weighted by atomic mass is 9.99. The average Bonchev–Trinajstić information content (AvgIpc) is 3.21. The van der Waals surface area contributed by atoms with E-state index < -0.39 is 54.7 Å². The first kappa shape index (κ1) is 54.0. The molecular weight excluding hydrogens is 741 g/mol. The second-order valence-electron chi connectivity index (χ2n) is 16.6. The molecule has 4 N–H and O–H groups in total. The molecule has 0 aliphatic carbocycles. The van der Waals surface area contributed by atoms with Crippen LogP contribution in [-0.4, -0.2) is 88.4 Å². The first-order valence-corrected chi connectivity index (χ1v) is 23.7. The Balaban J connectivity index is 2.23. The first-order valence-electron chi connectivity index (χ1n) is 23.7. The van der Waals surface area contributed by atoms with Crippen molar-refractivity contribution < 1.29 is 53.8 Å². The van der Waals surface area contributed by atoms with Crippen molar-refractivity contribution in [2.24, 2.45) is 0 Å². The SMILES string of the molecule is CCCCCCCCCC/C=C\CCCCCCCCCCCCCC(=O)OCC(COC1OC(C(=O)O)C(O)C(O)C1O)OC(=O)CCCCCCCCCCC. The van der Waals surface area contributed by atoms with Gasteiger partial charge in [-0.2, -0.15) is 0 Å². The van der Waals surface area contributed by atoms with Gasteiger partial charge in [-0.05, 0) is 38.5 Å². The molecule has 340 valence electrons. The number of carboxylic acid groups (broad SMARTS) is 1. The second kappa shape index (κ2) is 37.9. The molecule has 58 heavy (non-hydrogen) atoms. The maximum atomic E-state index is 12.7. The Morgan fingerprint density at radius 3 is 1.34 bits per heavy atom. The van der Waals surface area contributed by atoms with Gasteiger partial charge in [0.2, 0.25) is 0 Å². The Kier molecular flexibility index (Phi) is 35.3. The van der Waals surface area contributed by atoms with Crippen LogP contribution in [0.3, 0.4) is 0 Å². The van der Waals surface area contributed by atoms with E-state index in [1.54, 1.807) is 0 Å². The van der Waals surface area contributed by atoms with Crippen LogP contribution in [0.4, 0.5) is 0 Å². The van der Waals surface area contributed by atoms with Gasteiger partial charge < -0.3 is 39.4 Å². The van der Waals surface area contributed by atoms with Crippen LogP contribution in [0, 0.1) is 0 Å². The maximum Gasteiger partial charge on any atom is 0.335 e. The highest BCUT2D eigenvalue weighted by molar-refractivity contribution is 5.73. The Bertz CT molecular complexity index is 1020. The van der Waals surface area contributed by atoms with Gasteiger partial charge in [0.15, 0.2) is 18.5 Å². The number of rotatable bonds is 40. The third kappa shape index (κ3) is 29.2. The average molecular weight is 827 g/mol. The van der Waals surface area contributed by atoms with Crippen molar-refractivity contribution in [3.05, 3.63) is 12.2 Å². The van der Waals surface area contributed by atoms with E-state index in [9.17, 15) is 34.8 Å². The van der Waals surface area contributed by atoms with E-state index in [0.717, 1.165) is 38.5 Å². The zero-order chi connectivity index (χ0) is 42.5. The van der Waals surface area contributed by atoms with E-state index >= 15 is 0 Å². The van der Waals surface area contributed by atoms with E-state index in [1.165, 1.54) is 141 Å². The molecule has 6 unspecified atom stereocenters. The third-order valence-corrected chi connectivity index (χ3v) is 11.1. The molecule has 0 radical (unpaired) electrons. The first-order chi connectivity index (χ1) is 28.2. The summed E-state index contributed by atoms with van der Waals surface area (Å²) in [6.07, 6.45) is 31.5. The largest absolute Gasteiger partial charge is 0.479 e. The van der Waals surface area contributed by atoms with E-state index in [1.807, 2.05) is 0 Å². The second-order valence-corrected chi connectivity index (χ2v) is 16.6. The van der Waals surface area contributed by atoms with Gasteiger partial charge in [-0.1, -0.05) is 180 Å². The summed E-state index contributed by atoms with van der Waals surface area (Å²) in [7, 11) is 0. The molecule has 0 saturated carbocycles. The van der Waals surface area contributed by atoms with Crippen LogP contribution in [-0.2, 0) is 33.3 Å². The fraction of sp³-hybridized carbons (Fsp3) is 0.894. The number of unbranched alkanes of at least 4 members (excludes halogenated alkanes) is 27. The van der Waals surface area contributed by atoms with Crippen LogP contribution in [0.1, 0.15) is 219 Å². The summed E-state index contributed by atoms with van der Waals surface area (Å²) in [5.41, 5.74) is 0. The highest BCUT2D eigenvalue weighted by Crippen LogP contribution is 2.23. The van der Waals surface area contributed by atoms with Gasteiger partial charge in [0.05, 0.1) is 6.61 Å². The summed E-state index contributed by atoms with van der Waals surface area (Å²) in [6.45, 7) is 3.80. The summed E-state index contributed by atoms with van der Waals surface area (Å²) < 4.78 is 21.7. The zero-order valence-electron chi connectivity index (χ0n) is 36.8. The van der Waals surface area contributed by atoms with Gasteiger partial charge in [0.25, 0.3) is 0 Å². The Hall–Kier alpha value is -2.05. The van der Waals surface area contributed by atoms with Crippen molar-refractivity contribution in [3.8, 4) is 0 Å². The number of aliphatic hydroxyl groups is 3. The fourth-order valence-electron chi connectivity index (χ4n) is 7.35. The molecule has 1 heterocycles. The van der Waals surface area contributed by atoms with Crippen molar-refractivity contribution >= 4 is 17.9 Å². The molecule has 11 heteroatoms.